The van der Waals surface area contributed by atoms with Gasteiger partial charge in [0.15, 0.2) is 17.2 Å². The van der Waals surface area contributed by atoms with E-state index in [1.807, 2.05) is 19.1 Å². The van der Waals surface area contributed by atoms with Gasteiger partial charge in [0.2, 0.25) is 0 Å². The van der Waals surface area contributed by atoms with Crippen LogP contribution in [-0.2, 0) is 0 Å². The largest absolute Gasteiger partial charge is 0.504 e. The molecule has 1 aromatic heterocycles. The molecule has 1 heterocycles. The van der Waals surface area contributed by atoms with Gasteiger partial charge < -0.3 is 15.3 Å². The fourth-order valence-corrected chi connectivity index (χ4v) is 2.23. The van der Waals surface area contributed by atoms with Crippen molar-refractivity contribution in [2.45, 2.75) is 6.92 Å². The zero-order chi connectivity index (χ0) is 14.7. The van der Waals surface area contributed by atoms with Crippen molar-refractivity contribution in [2.75, 3.05) is 0 Å². The van der Waals surface area contributed by atoms with Crippen molar-refractivity contribution in [1.29, 1.82) is 0 Å². The summed E-state index contributed by atoms with van der Waals surface area (Å²) in [6.45, 7) is 1.96. The Labute approximate surface area is 118 Å². The fourth-order valence-electron chi connectivity index (χ4n) is 1.48. The molecule has 0 radical (unpaired) electrons. The number of rotatable bonds is 3. The fraction of sp³-hybridized carbons (Fsp3) is 0.0769. The Morgan fingerprint density at radius 1 is 1.25 bits per heavy atom. The Bertz CT molecular complexity index is 656. The first-order valence-electron chi connectivity index (χ1n) is 5.62. The van der Waals surface area contributed by atoms with E-state index in [0.717, 1.165) is 21.9 Å². The summed E-state index contributed by atoms with van der Waals surface area (Å²) >= 11 is 1.53. The summed E-state index contributed by atoms with van der Waals surface area (Å²) in [6, 6.07) is 5.88. The first-order valence-corrected chi connectivity index (χ1v) is 6.44. The maximum atomic E-state index is 11.7. The minimum absolute atomic E-state index is 0.0164. The van der Waals surface area contributed by atoms with Crippen LogP contribution < -0.4 is 5.43 Å². The molecule has 4 N–H and O–H groups in total. The first kappa shape index (κ1) is 13.9. The molecule has 0 aliphatic heterocycles. The van der Waals surface area contributed by atoms with Crippen LogP contribution in [0.1, 0.15) is 20.1 Å². The average molecular weight is 292 g/mol. The molecule has 0 aliphatic carbocycles. The number of aromatic hydroxyl groups is 3. The van der Waals surface area contributed by atoms with Crippen LogP contribution in [-0.4, -0.2) is 27.4 Å². The lowest BCUT2D eigenvalue weighted by Gasteiger charge is -2.04. The Balaban J connectivity index is 2.07. The number of hydrazone groups is 1. The summed E-state index contributed by atoms with van der Waals surface area (Å²) in [7, 11) is 0. The number of phenols is 3. The highest BCUT2D eigenvalue weighted by Crippen LogP contribution is 2.35. The number of amides is 1. The van der Waals surface area contributed by atoms with Gasteiger partial charge in [0.25, 0.3) is 5.91 Å². The van der Waals surface area contributed by atoms with Crippen LogP contribution in [0.2, 0.25) is 0 Å². The molecule has 0 spiro atoms. The van der Waals surface area contributed by atoms with E-state index < -0.39 is 23.2 Å². The lowest BCUT2D eigenvalue weighted by molar-refractivity contribution is 0.0954. The van der Waals surface area contributed by atoms with E-state index in [1.165, 1.54) is 17.6 Å². The van der Waals surface area contributed by atoms with Gasteiger partial charge in [-0.1, -0.05) is 0 Å². The number of hydrogen-bond donors (Lipinski definition) is 4. The van der Waals surface area contributed by atoms with Crippen molar-refractivity contribution in [3.8, 4) is 17.2 Å². The van der Waals surface area contributed by atoms with Gasteiger partial charge in [-0.15, -0.1) is 11.3 Å². The number of aryl methyl sites for hydroxylation is 1. The molecule has 0 saturated heterocycles. The Kier molecular flexibility index (Phi) is 3.90. The number of nitrogens with one attached hydrogen (secondary N) is 1. The average Bonchev–Trinajstić information content (AvgIpc) is 2.81. The smallest absolute Gasteiger partial charge is 0.271 e. The van der Waals surface area contributed by atoms with Crippen LogP contribution in [0.3, 0.4) is 0 Å². The molecule has 2 rings (SSSR count). The van der Waals surface area contributed by atoms with Crippen LogP contribution in [0.5, 0.6) is 17.2 Å². The summed E-state index contributed by atoms with van der Waals surface area (Å²) in [5.74, 6) is -2.43. The van der Waals surface area contributed by atoms with Gasteiger partial charge in [0.1, 0.15) is 0 Å². The summed E-state index contributed by atoms with van der Waals surface area (Å²) in [5, 5.41) is 31.6. The molecule has 7 heteroatoms. The summed E-state index contributed by atoms with van der Waals surface area (Å²) in [4.78, 5) is 13.7. The molecule has 0 saturated carbocycles. The molecule has 6 nitrogen and oxygen atoms in total. The lowest BCUT2D eigenvalue weighted by atomic mass is 10.2. The van der Waals surface area contributed by atoms with Gasteiger partial charge in [-0.2, -0.15) is 5.10 Å². The number of nitrogens with zero attached hydrogens (tertiary/aromatic N) is 1. The Morgan fingerprint density at radius 3 is 2.45 bits per heavy atom. The quantitative estimate of drug-likeness (QED) is 0.394. The van der Waals surface area contributed by atoms with Crippen LogP contribution in [0.4, 0.5) is 0 Å². The van der Waals surface area contributed by atoms with Crippen LogP contribution in [0.25, 0.3) is 0 Å². The standard InChI is InChI=1S/C13H12N2O4S/c1-7-2-3-9(20-7)6-14-15-13(19)8-4-10(16)12(18)11(17)5-8/h2-6,16-18H,1H3,(H,15,19)/b14-6+. The third-order valence-corrected chi connectivity index (χ3v) is 3.39. The molecule has 1 aromatic carbocycles. The first-order chi connectivity index (χ1) is 9.47. The molecule has 0 atom stereocenters. The molecule has 0 fully saturated rings. The number of thiophene rings is 1. The third-order valence-electron chi connectivity index (χ3n) is 2.45. The van der Waals surface area contributed by atoms with Crippen molar-refractivity contribution in [3.05, 3.63) is 39.6 Å². The topological polar surface area (TPSA) is 102 Å². The minimum Gasteiger partial charge on any atom is -0.504 e. The van der Waals surface area contributed by atoms with Gasteiger partial charge in [0, 0.05) is 15.3 Å². The molecule has 0 unspecified atom stereocenters. The Hall–Kier alpha value is -2.54. The summed E-state index contributed by atoms with van der Waals surface area (Å²) in [5.41, 5.74) is 2.25. The van der Waals surface area contributed by atoms with Crippen LogP contribution in [0, 0.1) is 6.92 Å². The lowest BCUT2D eigenvalue weighted by Crippen LogP contribution is -2.17. The maximum Gasteiger partial charge on any atom is 0.271 e. The predicted octanol–water partition coefficient (Wildman–Crippen LogP) is 1.94. The highest BCUT2D eigenvalue weighted by Gasteiger charge is 2.12. The third kappa shape index (κ3) is 3.07. The SMILES string of the molecule is Cc1ccc(/C=N/NC(=O)c2cc(O)c(O)c(O)c2)s1. The molecule has 0 bridgehead atoms. The van der Waals surface area contributed by atoms with Gasteiger partial charge in [-0.05, 0) is 31.2 Å². The van der Waals surface area contributed by atoms with E-state index in [1.54, 1.807) is 0 Å². The number of hydrogen-bond acceptors (Lipinski definition) is 6. The molecular weight excluding hydrogens is 280 g/mol. The van der Waals surface area contributed by atoms with Gasteiger partial charge in [-0.3, -0.25) is 4.79 Å². The monoisotopic (exact) mass is 292 g/mol. The minimum atomic E-state index is -0.667. The second-order valence-electron chi connectivity index (χ2n) is 4.01. The highest BCUT2D eigenvalue weighted by molar-refractivity contribution is 7.13. The second-order valence-corrected chi connectivity index (χ2v) is 5.33. The molecule has 0 aliphatic rings. The van der Waals surface area contributed by atoms with Crippen molar-refractivity contribution in [1.82, 2.24) is 5.43 Å². The number of benzene rings is 1. The second kappa shape index (κ2) is 5.62. The van der Waals surface area contributed by atoms with Gasteiger partial charge in [-0.25, -0.2) is 5.43 Å². The molecular formula is C13H12N2O4S. The summed E-state index contributed by atoms with van der Waals surface area (Å²) in [6.07, 6.45) is 1.50. The zero-order valence-electron chi connectivity index (χ0n) is 10.5. The van der Waals surface area contributed by atoms with Crippen molar-refractivity contribution >= 4 is 23.5 Å². The highest BCUT2D eigenvalue weighted by atomic mass is 32.1. The normalized spacial score (nSPS) is 10.8. The van der Waals surface area contributed by atoms with E-state index in [2.05, 4.69) is 10.5 Å². The van der Waals surface area contributed by atoms with E-state index in [4.69, 9.17) is 0 Å². The van der Waals surface area contributed by atoms with Crippen molar-refractivity contribution in [3.63, 3.8) is 0 Å². The number of carbonyl (C=O) groups is 1. The summed E-state index contributed by atoms with van der Waals surface area (Å²) < 4.78 is 0. The van der Waals surface area contributed by atoms with E-state index in [0.29, 0.717) is 0 Å². The predicted molar refractivity (Wildman–Crippen MR) is 75.6 cm³/mol. The Morgan fingerprint density at radius 2 is 1.90 bits per heavy atom. The van der Waals surface area contributed by atoms with Crippen LogP contribution in [0.15, 0.2) is 29.4 Å². The van der Waals surface area contributed by atoms with E-state index in [-0.39, 0.29) is 5.56 Å². The molecule has 1 amide bonds. The van der Waals surface area contributed by atoms with E-state index >= 15 is 0 Å². The number of carbonyl (C=O) groups excluding carboxylic acids is 1. The number of phenolic OH excluding ortho intramolecular Hbond substituents is 3. The van der Waals surface area contributed by atoms with E-state index in [9.17, 15) is 20.1 Å². The van der Waals surface area contributed by atoms with Crippen molar-refractivity contribution < 1.29 is 20.1 Å². The van der Waals surface area contributed by atoms with Gasteiger partial charge >= 0.3 is 0 Å². The van der Waals surface area contributed by atoms with Gasteiger partial charge in [0.05, 0.1) is 6.21 Å². The van der Waals surface area contributed by atoms with Crippen molar-refractivity contribution in [2.24, 2.45) is 5.10 Å². The molecule has 2 aromatic rings. The molecule has 104 valence electrons. The zero-order valence-corrected chi connectivity index (χ0v) is 11.3. The maximum absolute atomic E-state index is 11.7. The molecule has 20 heavy (non-hydrogen) atoms. The van der Waals surface area contributed by atoms with Crippen LogP contribution >= 0.6 is 11.3 Å².